The largest absolute Gasteiger partial charge is 0.481 e. The normalized spacial score (nSPS) is 12.7. The highest BCUT2D eigenvalue weighted by Gasteiger charge is 2.41. The highest BCUT2D eigenvalue weighted by atomic mass is 19.4. The zero-order valence-corrected chi connectivity index (χ0v) is 8.71. The molecule has 98 valence electrons. The molecule has 0 spiro atoms. The molecular formula is C8H10F3NO5. The molecule has 1 amide bonds. The van der Waals surface area contributed by atoms with Crippen molar-refractivity contribution in [2.75, 3.05) is 6.61 Å². The second kappa shape index (κ2) is 6.06. The van der Waals surface area contributed by atoms with Crippen LogP contribution in [0.25, 0.3) is 0 Å². The average Bonchev–Trinajstić information content (AvgIpc) is 2.14. The van der Waals surface area contributed by atoms with Gasteiger partial charge in [-0.3, -0.25) is 9.59 Å². The van der Waals surface area contributed by atoms with Crippen LogP contribution < -0.4 is 5.32 Å². The number of amides is 1. The summed E-state index contributed by atoms with van der Waals surface area (Å²) in [5, 5.41) is 9.63. The first-order valence-electron chi connectivity index (χ1n) is 4.44. The average molecular weight is 257 g/mol. The maximum Gasteiger partial charge on any atom is 0.471 e. The molecule has 0 bridgehead atoms. The molecular weight excluding hydrogens is 247 g/mol. The third-order valence-corrected chi connectivity index (χ3v) is 1.51. The SMILES string of the molecule is CCOC(=O)[C@H](CC(=O)O)NC(=O)C(F)(F)F. The van der Waals surface area contributed by atoms with E-state index >= 15 is 0 Å². The van der Waals surface area contributed by atoms with E-state index in [2.05, 4.69) is 4.74 Å². The van der Waals surface area contributed by atoms with E-state index in [1.165, 1.54) is 12.2 Å². The molecule has 17 heavy (non-hydrogen) atoms. The van der Waals surface area contributed by atoms with Gasteiger partial charge in [0.25, 0.3) is 0 Å². The number of carbonyl (C=O) groups is 3. The summed E-state index contributed by atoms with van der Waals surface area (Å²) in [6.07, 6.45) is -6.18. The number of ether oxygens (including phenoxy) is 1. The third-order valence-electron chi connectivity index (χ3n) is 1.51. The van der Waals surface area contributed by atoms with Crippen LogP contribution in [-0.2, 0) is 19.1 Å². The predicted molar refractivity (Wildman–Crippen MR) is 46.9 cm³/mol. The van der Waals surface area contributed by atoms with Crippen molar-refractivity contribution >= 4 is 17.8 Å². The lowest BCUT2D eigenvalue weighted by Gasteiger charge is -2.16. The smallest absolute Gasteiger partial charge is 0.471 e. The fourth-order valence-electron chi connectivity index (χ4n) is 0.851. The minimum absolute atomic E-state index is 0.142. The number of hydrogen-bond donors (Lipinski definition) is 2. The first kappa shape index (κ1) is 15.2. The second-order valence-electron chi connectivity index (χ2n) is 2.87. The summed E-state index contributed by atoms with van der Waals surface area (Å²) in [6.45, 7) is 1.25. The lowest BCUT2D eigenvalue weighted by molar-refractivity contribution is -0.176. The molecule has 1 atom stereocenters. The van der Waals surface area contributed by atoms with Crippen LogP contribution in [0.2, 0.25) is 0 Å². The van der Waals surface area contributed by atoms with Crippen LogP contribution in [0.5, 0.6) is 0 Å². The first-order valence-corrected chi connectivity index (χ1v) is 4.44. The molecule has 0 aliphatic rings. The van der Waals surface area contributed by atoms with E-state index in [1.54, 1.807) is 0 Å². The highest BCUT2D eigenvalue weighted by molar-refractivity contribution is 5.89. The van der Waals surface area contributed by atoms with Crippen molar-refractivity contribution in [3.05, 3.63) is 0 Å². The Morgan fingerprint density at radius 3 is 2.24 bits per heavy atom. The molecule has 9 heteroatoms. The van der Waals surface area contributed by atoms with Gasteiger partial charge >= 0.3 is 24.0 Å². The minimum atomic E-state index is -5.19. The van der Waals surface area contributed by atoms with Crippen molar-refractivity contribution in [3.8, 4) is 0 Å². The van der Waals surface area contributed by atoms with Gasteiger partial charge in [-0.15, -0.1) is 0 Å². The maximum atomic E-state index is 11.9. The van der Waals surface area contributed by atoms with Crippen molar-refractivity contribution in [1.82, 2.24) is 5.32 Å². The van der Waals surface area contributed by atoms with E-state index in [0.717, 1.165) is 0 Å². The number of nitrogens with one attached hydrogen (secondary N) is 1. The molecule has 0 radical (unpaired) electrons. The standard InChI is InChI=1S/C8H10F3NO5/c1-2-17-6(15)4(3-5(13)14)12-7(16)8(9,10)11/h4H,2-3H2,1H3,(H,12,16)(H,13,14)/t4-/m0/s1. The van der Waals surface area contributed by atoms with Gasteiger partial charge < -0.3 is 15.2 Å². The molecule has 0 aromatic carbocycles. The van der Waals surface area contributed by atoms with E-state index in [9.17, 15) is 27.6 Å². The van der Waals surface area contributed by atoms with Crippen molar-refractivity contribution in [2.24, 2.45) is 0 Å². The molecule has 0 aliphatic carbocycles. The molecule has 0 saturated carbocycles. The quantitative estimate of drug-likeness (QED) is 0.680. The number of carbonyl (C=O) groups excluding carboxylic acids is 2. The monoisotopic (exact) mass is 257 g/mol. The number of esters is 1. The molecule has 0 rings (SSSR count). The maximum absolute atomic E-state index is 11.9. The van der Waals surface area contributed by atoms with Gasteiger partial charge in [-0.05, 0) is 6.92 Å². The van der Waals surface area contributed by atoms with Crippen LogP contribution >= 0.6 is 0 Å². The Morgan fingerprint density at radius 2 is 1.88 bits per heavy atom. The summed E-state index contributed by atoms with van der Waals surface area (Å²) in [4.78, 5) is 31.9. The molecule has 0 heterocycles. The number of halogens is 3. The number of carboxylic acid groups (broad SMARTS) is 1. The molecule has 0 aromatic heterocycles. The topological polar surface area (TPSA) is 92.7 Å². The lowest BCUT2D eigenvalue weighted by atomic mass is 10.2. The van der Waals surface area contributed by atoms with Gasteiger partial charge in [-0.1, -0.05) is 0 Å². The second-order valence-corrected chi connectivity index (χ2v) is 2.87. The number of carboxylic acids is 1. The minimum Gasteiger partial charge on any atom is -0.481 e. The van der Waals surface area contributed by atoms with Gasteiger partial charge in [0.05, 0.1) is 13.0 Å². The van der Waals surface area contributed by atoms with Gasteiger partial charge in [0, 0.05) is 0 Å². The molecule has 6 nitrogen and oxygen atoms in total. The highest BCUT2D eigenvalue weighted by Crippen LogP contribution is 2.15. The molecule has 2 N–H and O–H groups in total. The van der Waals surface area contributed by atoms with E-state index in [1.807, 2.05) is 0 Å². The zero-order chi connectivity index (χ0) is 13.6. The summed E-state index contributed by atoms with van der Waals surface area (Å²) in [5.41, 5.74) is 0. The number of alkyl halides is 3. The van der Waals surface area contributed by atoms with E-state index in [0.29, 0.717) is 0 Å². The molecule has 0 fully saturated rings. The summed E-state index contributed by atoms with van der Waals surface area (Å²) in [6, 6.07) is -1.86. The Labute approximate surface area is 93.7 Å². The summed E-state index contributed by atoms with van der Waals surface area (Å²) < 4.78 is 40.0. The third kappa shape index (κ3) is 5.73. The molecule has 0 aromatic rings. The Morgan fingerprint density at radius 1 is 1.35 bits per heavy atom. The Hall–Kier alpha value is -1.80. The molecule has 0 unspecified atom stereocenters. The number of hydrogen-bond acceptors (Lipinski definition) is 4. The van der Waals surface area contributed by atoms with Gasteiger partial charge in [0.15, 0.2) is 0 Å². The molecule has 0 saturated heterocycles. The molecule has 0 aliphatic heterocycles. The number of aliphatic carboxylic acids is 1. The van der Waals surface area contributed by atoms with Crippen LogP contribution in [0.1, 0.15) is 13.3 Å². The van der Waals surface area contributed by atoms with Crippen LogP contribution in [-0.4, -0.2) is 41.8 Å². The predicted octanol–water partition coefficient (Wildman–Crippen LogP) is 0.0713. The fourth-order valence-corrected chi connectivity index (χ4v) is 0.851. The summed E-state index contributed by atoms with van der Waals surface area (Å²) in [7, 11) is 0. The Balaban J connectivity index is 4.65. The number of rotatable bonds is 5. The van der Waals surface area contributed by atoms with Crippen molar-refractivity contribution in [3.63, 3.8) is 0 Å². The van der Waals surface area contributed by atoms with Crippen molar-refractivity contribution in [2.45, 2.75) is 25.6 Å². The zero-order valence-electron chi connectivity index (χ0n) is 8.71. The van der Waals surface area contributed by atoms with Crippen LogP contribution in [0.15, 0.2) is 0 Å². The van der Waals surface area contributed by atoms with Gasteiger partial charge in [0.1, 0.15) is 6.04 Å². The van der Waals surface area contributed by atoms with Crippen LogP contribution in [0.4, 0.5) is 13.2 Å². The Kier molecular flexibility index (Phi) is 5.42. The Bertz CT molecular complexity index is 315. The van der Waals surface area contributed by atoms with Gasteiger partial charge in [-0.25, -0.2) is 4.79 Å². The van der Waals surface area contributed by atoms with E-state index in [-0.39, 0.29) is 6.61 Å². The van der Waals surface area contributed by atoms with Crippen LogP contribution in [0.3, 0.4) is 0 Å². The van der Waals surface area contributed by atoms with Gasteiger partial charge in [0.2, 0.25) is 0 Å². The summed E-state index contributed by atoms with van der Waals surface area (Å²) >= 11 is 0. The van der Waals surface area contributed by atoms with Gasteiger partial charge in [-0.2, -0.15) is 13.2 Å². The first-order chi connectivity index (χ1) is 7.68. The lowest BCUT2D eigenvalue weighted by Crippen LogP contribution is -2.48. The van der Waals surface area contributed by atoms with Crippen molar-refractivity contribution in [1.29, 1.82) is 0 Å². The van der Waals surface area contributed by atoms with E-state index < -0.39 is 36.5 Å². The van der Waals surface area contributed by atoms with E-state index in [4.69, 9.17) is 5.11 Å². The fraction of sp³-hybridized carbons (Fsp3) is 0.625. The van der Waals surface area contributed by atoms with Crippen molar-refractivity contribution < 1.29 is 37.4 Å². The summed E-state index contributed by atoms with van der Waals surface area (Å²) in [5.74, 6) is -5.16. The van der Waals surface area contributed by atoms with Crippen LogP contribution in [0, 0.1) is 0 Å².